The van der Waals surface area contributed by atoms with Crippen molar-refractivity contribution in [3.05, 3.63) is 105 Å². The second-order valence-electron chi connectivity index (χ2n) is 9.77. The maximum Gasteiger partial charge on any atom is 0.243 e. The van der Waals surface area contributed by atoms with E-state index in [1.54, 1.807) is 28.8 Å². The molecule has 0 saturated heterocycles. The minimum absolute atomic E-state index is 0.00391. The van der Waals surface area contributed by atoms with Crippen molar-refractivity contribution < 1.29 is 9.59 Å². The van der Waals surface area contributed by atoms with E-state index in [4.69, 9.17) is 23.2 Å². The standard InChI is InChI=1S/C31H36Cl2N2O2S/c1-5-23(4)34-31(37)29(16-24-9-7-6-8-10-24)35(18-26-11-12-27(32)17-28(26)33)30(36)20-38-19-25-14-21(2)13-22(3)15-25/h6-15,17,23,29H,5,16,18-20H2,1-4H3,(H,34,37). The molecule has 0 aliphatic heterocycles. The van der Waals surface area contributed by atoms with E-state index in [1.165, 1.54) is 16.7 Å². The first kappa shape index (κ1) is 30.1. The molecule has 0 spiro atoms. The van der Waals surface area contributed by atoms with Crippen LogP contribution in [0.1, 0.15) is 48.1 Å². The van der Waals surface area contributed by atoms with E-state index in [2.05, 4.69) is 37.4 Å². The quantitative estimate of drug-likeness (QED) is 0.247. The summed E-state index contributed by atoms with van der Waals surface area (Å²) >= 11 is 14.2. The average molecular weight is 572 g/mol. The lowest BCUT2D eigenvalue weighted by atomic mass is 10.0. The Bertz CT molecular complexity index is 1220. The van der Waals surface area contributed by atoms with Crippen molar-refractivity contribution in [1.29, 1.82) is 0 Å². The molecule has 3 aromatic rings. The molecule has 0 bridgehead atoms. The predicted molar refractivity (Wildman–Crippen MR) is 161 cm³/mol. The highest BCUT2D eigenvalue weighted by atomic mass is 35.5. The molecule has 202 valence electrons. The van der Waals surface area contributed by atoms with Crippen LogP contribution in [0.5, 0.6) is 0 Å². The normalized spacial score (nSPS) is 12.6. The van der Waals surface area contributed by atoms with Crippen LogP contribution in [0.2, 0.25) is 10.0 Å². The zero-order valence-corrected chi connectivity index (χ0v) is 24.8. The molecular weight excluding hydrogens is 535 g/mol. The van der Waals surface area contributed by atoms with E-state index >= 15 is 0 Å². The van der Waals surface area contributed by atoms with Crippen molar-refractivity contribution in [2.45, 2.75) is 64.9 Å². The molecule has 7 heteroatoms. The molecule has 2 amide bonds. The molecule has 2 unspecified atom stereocenters. The van der Waals surface area contributed by atoms with Gasteiger partial charge >= 0.3 is 0 Å². The lowest BCUT2D eigenvalue weighted by Crippen LogP contribution is -2.52. The molecule has 3 aromatic carbocycles. The van der Waals surface area contributed by atoms with Crippen LogP contribution < -0.4 is 5.32 Å². The first-order valence-electron chi connectivity index (χ1n) is 12.9. The highest BCUT2D eigenvalue weighted by Crippen LogP contribution is 2.25. The van der Waals surface area contributed by atoms with Crippen molar-refractivity contribution in [2.24, 2.45) is 0 Å². The molecular formula is C31H36Cl2N2O2S. The number of carbonyl (C=O) groups excluding carboxylic acids is 2. The lowest BCUT2D eigenvalue weighted by Gasteiger charge is -2.32. The fraction of sp³-hybridized carbons (Fsp3) is 0.355. The summed E-state index contributed by atoms with van der Waals surface area (Å²) in [7, 11) is 0. The average Bonchev–Trinajstić information content (AvgIpc) is 2.87. The molecule has 0 aliphatic rings. The number of benzene rings is 3. The minimum Gasteiger partial charge on any atom is -0.352 e. The summed E-state index contributed by atoms with van der Waals surface area (Å²) in [6, 6.07) is 20.8. The van der Waals surface area contributed by atoms with Crippen molar-refractivity contribution in [2.75, 3.05) is 5.75 Å². The number of hydrogen-bond acceptors (Lipinski definition) is 3. The summed E-state index contributed by atoms with van der Waals surface area (Å²) in [5.74, 6) is 0.693. The number of nitrogens with one attached hydrogen (secondary N) is 1. The number of aryl methyl sites for hydroxylation is 2. The van der Waals surface area contributed by atoms with Gasteiger partial charge in [0.1, 0.15) is 6.04 Å². The van der Waals surface area contributed by atoms with Gasteiger partial charge in [-0.1, -0.05) is 95.8 Å². The Morgan fingerprint density at radius 2 is 1.63 bits per heavy atom. The number of nitrogens with zero attached hydrogens (tertiary/aromatic N) is 1. The Morgan fingerprint density at radius 1 is 0.947 bits per heavy atom. The maximum atomic E-state index is 13.8. The molecule has 0 fully saturated rings. The first-order chi connectivity index (χ1) is 18.2. The summed E-state index contributed by atoms with van der Waals surface area (Å²) in [6.45, 7) is 8.36. The number of carbonyl (C=O) groups is 2. The molecule has 3 rings (SSSR count). The van der Waals surface area contributed by atoms with Gasteiger partial charge in [0.25, 0.3) is 0 Å². The third kappa shape index (κ3) is 9.07. The van der Waals surface area contributed by atoms with Gasteiger partial charge in [0.15, 0.2) is 0 Å². The van der Waals surface area contributed by atoms with Crippen molar-refractivity contribution in [3.8, 4) is 0 Å². The van der Waals surface area contributed by atoms with Crippen molar-refractivity contribution in [3.63, 3.8) is 0 Å². The number of amides is 2. The van der Waals surface area contributed by atoms with E-state index in [9.17, 15) is 9.59 Å². The van der Waals surface area contributed by atoms with Crippen molar-refractivity contribution in [1.82, 2.24) is 10.2 Å². The molecule has 38 heavy (non-hydrogen) atoms. The van der Waals surface area contributed by atoms with Gasteiger partial charge in [-0.25, -0.2) is 0 Å². The summed E-state index contributed by atoms with van der Waals surface area (Å²) in [6.07, 6.45) is 1.20. The van der Waals surface area contributed by atoms with Crippen LogP contribution in [0.25, 0.3) is 0 Å². The van der Waals surface area contributed by atoms with Crippen LogP contribution in [0.3, 0.4) is 0 Å². The van der Waals surface area contributed by atoms with Gasteiger partial charge in [-0.3, -0.25) is 9.59 Å². The summed E-state index contributed by atoms with van der Waals surface area (Å²) in [5, 5.41) is 4.09. The number of halogens is 2. The molecule has 0 radical (unpaired) electrons. The third-order valence-corrected chi connectivity index (χ3v) is 7.98. The fourth-order valence-electron chi connectivity index (χ4n) is 4.32. The summed E-state index contributed by atoms with van der Waals surface area (Å²) in [4.78, 5) is 29.1. The van der Waals surface area contributed by atoms with E-state index in [0.717, 1.165) is 17.5 Å². The van der Waals surface area contributed by atoms with Crippen LogP contribution in [0, 0.1) is 13.8 Å². The molecule has 0 aromatic heterocycles. The van der Waals surface area contributed by atoms with Crippen LogP contribution in [0.15, 0.2) is 66.7 Å². The van der Waals surface area contributed by atoms with Gasteiger partial charge in [-0.05, 0) is 56.0 Å². The first-order valence-corrected chi connectivity index (χ1v) is 14.8. The van der Waals surface area contributed by atoms with E-state index in [1.807, 2.05) is 50.2 Å². The Kier molecular flexibility index (Phi) is 11.6. The van der Waals surface area contributed by atoms with E-state index < -0.39 is 6.04 Å². The smallest absolute Gasteiger partial charge is 0.243 e. The molecule has 0 saturated carbocycles. The Labute approximate surface area is 241 Å². The Balaban J connectivity index is 1.89. The third-order valence-electron chi connectivity index (χ3n) is 6.40. The lowest BCUT2D eigenvalue weighted by molar-refractivity contribution is -0.139. The molecule has 2 atom stereocenters. The van der Waals surface area contributed by atoms with Crippen LogP contribution in [-0.4, -0.2) is 34.6 Å². The fourth-order valence-corrected chi connectivity index (χ4v) is 5.63. The van der Waals surface area contributed by atoms with Gasteiger partial charge < -0.3 is 10.2 Å². The van der Waals surface area contributed by atoms with Gasteiger partial charge in [-0.2, -0.15) is 0 Å². The van der Waals surface area contributed by atoms with E-state index in [-0.39, 0.29) is 30.2 Å². The largest absolute Gasteiger partial charge is 0.352 e. The minimum atomic E-state index is -0.688. The molecule has 4 nitrogen and oxygen atoms in total. The second-order valence-corrected chi connectivity index (χ2v) is 11.6. The maximum absolute atomic E-state index is 13.8. The second kappa shape index (κ2) is 14.6. The van der Waals surface area contributed by atoms with Crippen LogP contribution in [0.4, 0.5) is 0 Å². The Morgan fingerprint density at radius 3 is 2.26 bits per heavy atom. The van der Waals surface area contributed by atoms with Gasteiger partial charge in [0.05, 0.1) is 5.75 Å². The zero-order chi connectivity index (χ0) is 27.7. The molecule has 0 heterocycles. The number of rotatable bonds is 12. The van der Waals surface area contributed by atoms with Crippen LogP contribution in [-0.2, 0) is 28.3 Å². The summed E-state index contributed by atoms with van der Waals surface area (Å²) < 4.78 is 0. The predicted octanol–water partition coefficient (Wildman–Crippen LogP) is 7.40. The SMILES string of the molecule is CCC(C)NC(=O)C(Cc1ccccc1)N(Cc1ccc(Cl)cc1Cl)C(=O)CSCc1cc(C)cc(C)c1. The summed E-state index contributed by atoms with van der Waals surface area (Å²) in [5.41, 5.74) is 5.33. The van der Waals surface area contributed by atoms with E-state index in [0.29, 0.717) is 22.2 Å². The Hall–Kier alpha value is -2.47. The molecule has 1 N–H and O–H groups in total. The highest BCUT2D eigenvalue weighted by Gasteiger charge is 2.31. The highest BCUT2D eigenvalue weighted by molar-refractivity contribution is 7.99. The van der Waals surface area contributed by atoms with Gasteiger partial charge in [-0.15, -0.1) is 11.8 Å². The number of hydrogen-bond donors (Lipinski definition) is 1. The van der Waals surface area contributed by atoms with Crippen molar-refractivity contribution >= 4 is 46.8 Å². The van der Waals surface area contributed by atoms with Gasteiger partial charge in [0.2, 0.25) is 11.8 Å². The number of thioether (sulfide) groups is 1. The van der Waals surface area contributed by atoms with Crippen LogP contribution >= 0.6 is 35.0 Å². The topological polar surface area (TPSA) is 49.4 Å². The van der Waals surface area contributed by atoms with Gasteiger partial charge in [0, 0.05) is 34.8 Å². The molecule has 0 aliphatic carbocycles. The zero-order valence-electron chi connectivity index (χ0n) is 22.5. The monoisotopic (exact) mass is 570 g/mol.